The Hall–Kier alpha value is -2.80. The van der Waals surface area contributed by atoms with Gasteiger partial charge >= 0.3 is 0 Å². The summed E-state index contributed by atoms with van der Waals surface area (Å²) in [5.41, 5.74) is 2.95. The van der Waals surface area contributed by atoms with Crippen LogP contribution in [0.3, 0.4) is 0 Å². The SMILES string of the molecule is CCCN(Cc1c(-c2ccccc2)noc1N1CCSCC1)C(=O)c1cccc(F)c1. The van der Waals surface area contributed by atoms with Gasteiger partial charge in [-0.2, -0.15) is 11.8 Å². The van der Waals surface area contributed by atoms with Crippen molar-refractivity contribution in [3.63, 3.8) is 0 Å². The Bertz CT molecular complexity index is 1020. The summed E-state index contributed by atoms with van der Waals surface area (Å²) < 4.78 is 19.6. The van der Waals surface area contributed by atoms with Crippen LogP contribution < -0.4 is 4.90 Å². The Morgan fingerprint density at radius 2 is 1.94 bits per heavy atom. The summed E-state index contributed by atoms with van der Waals surface area (Å²) in [6.07, 6.45) is 0.794. The van der Waals surface area contributed by atoms with E-state index in [9.17, 15) is 9.18 Å². The molecule has 0 saturated carbocycles. The number of hydrogen-bond acceptors (Lipinski definition) is 5. The van der Waals surface area contributed by atoms with E-state index < -0.39 is 5.82 Å². The number of halogens is 1. The van der Waals surface area contributed by atoms with Crippen LogP contribution in [0.2, 0.25) is 0 Å². The third-order valence-electron chi connectivity index (χ3n) is 5.31. The molecule has 5 nitrogen and oxygen atoms in total. The largest absolute Gasteiger partial charge is 0.339 e. The number of anilines is 1. The number of carbonyl (C=O) groups is 1. The quantitative estimate of drug-likeness (QED) is 0.513. The van der Waals surface area contributed by atoms with E-state index in [0.29, 0.717) is 18.7 Å². The highest BCUT2D eigenvalue weighted by Crippen LogP contribution is 2.34. The first-order valence-electron chi connectivity index (χ1n) is 10.6. The number of carbonyl (C=O) groups excluding carboxylic acids is 1. The third kappa shape index (κ3) is 4.93. The fourth-order valence-electron chi connectivity index (χ4n) is 3.80. The monoisotopic (exact) mass is 439 g/mol. The summed E-state index contributed by atoms with van der Waals surface area (Å²) in [6.45, 7) is 4.71. The summed E-state index contributed by atoms with van der Waals surface area (Å²) in [6, 6.07) is 15.7. The molecule has 2 heterocycles. The van der Waals surface area contributed by atoms with E-state index in [1.807, 2.05) is 49.0 Å². The molecule has 1 aliphatic heterocycles. The van der Waals surface area contributed by atoms with Crippen LogP contribution in [0, 0.1) is 5.82 Å². The lowest BCUT2D eigenvalue weighted by Gasteiger charge is -2.28. The van der Waals surface area contributed by atoms with Gasteiger partial charge in [-0.25, -0.2) is 4.39 Å². The van der Waals surface area contributed by atoms with Crippen molar-refractivity contribution in [3.8, 4) is 11.3 Å². The fourth-order valence-corrected chi connectivity index (χ4v) is 4.70. The lowest BCUT2D eigenvalue weighted by molar-refractivity contribution is 0.0743. The molecule has 1 fully saturated rings. The van der Waals surface area contributed by atoms with Crippen LogP contribution in [0.15, 0.2) is 59.1 Å². The van der Waals surface area contributed by atoms with E-state index in [0.717, 1.165) is 53.7 Å². The number of thioether (sulfide) groups is 1. The molecule has 2 aromatic carbocycles. The number of benzene rings is 2. The smallest absolute Gasteiger partial charge is 0.254 e. The predicted octanol–water partition coefficient (Wildman–Crippen LogP) is 5.09. The standard InChI is InChI=1S/C24H26FN3O2S/c1-2-11-28(23(29)19-9-6-10-20(25)16-19)17-21-22(18-7-4-3-5-8-18)26-30-24(21)27-12-14-31-15-13-27/h3-10,16H,2,11-15,17H2,1H3. The molecule has 1 aliphatic rings. The zero-order chi connectivity index (χ0) is 21.6. The average molecular weight is 440 g/mol. The molecule has 0 unspecified atom stereocenters. The van der Waals surface area contributed by atoms with Crippen molar-refractivity contribution in [2.75, 3.05) is 36.0 Å². The molecule has 0 N–H and O–H groups in total. The predicted molar refractivity (Wildman–Crippen MR) is 123 cm³/mol. The van der Waals surface area contributed by atoms with Crippen molar-refractivity contribution >= 4 is 23.6 Å². The molecule has 0 bridgehead atoms. The van der Waals surface area contributed by atoms with E-state index in [-0.39, 0.29) is 5.91 Å². The normalized spacial score (nSPS) is 13.9. The van der Waals surface area contributed by atoms with E-state index >= 15 is 0 Å². The maximum atomic E-state index is 13.7. The van der Waals surface area contributed by atoms with Crippen molar-refractivity contribution < 1.29 is 13.7 Å². The van der Waals surface area contributed by atoms with Crippen molar-refractivity contribution in [1.29, 1.82) is 0 Å². The molecule has 0 radical (unpaired) electrons. The second-order valence-electron chi connectivity index (χ2n) is 7.52. The van der Waals surface area contributed by atoms with Crippen LogP contribution in [0.4, 0.5) is 10.3 Å². The van der Waals surface area contributed by atoms with Crippen LogP contribution in [0.1, 0.15) is 29.3 Å². The Morgan fingerprint density at radius 1 is 1.16 bits per heavy atom. The number of rotatable bonds is 7. The van der Waals surface area contributed by atoms with E-state index in [2.05, 4.69) is 10.1 Å². The summed E-state index contributed by atoms with van der Waals surface area (Å²) in [5, 5.41) is 4.40. The molecule has 0 atom stereocenters. The summed E-state index contributed by atoms with van der Waals surface area (Å²) in [7, 11) is 0. The molecule has 1 amide bonds. The van der Waals surface area contributed by atoms with E-state index in [1.54, 1.807) is 17.0 Å². The summed E-state index contributed by atoms with van der Waals surface area (Å²) in [4.78, 5) is 17.2. The zero-order valence-corrected chi connectivity index (χ0v) is 18.4. The van der Waals surface area contributed by atoms with Gasteiger partial charge in [0.25, 0.3) is 5.91 Å². The topological polar surface area (TPSA) is 49.6 Å². The fraction of sp³-hybridized carbons (Fsp3) is 0.333. The van der Waals surface area contributed by atoms with Gasteiger partial charge in [-0.3, -0.25) is 4.79 Å². The van der Waals surface area contributed by atoms with E-state index in [4.69, 9.17) is 4.52 Å². The minimum Gasteiger partial charge on any atom is -0.339 e. The second kappa shape index (κ2) is 10.0. The van der Waals surface area contributed by atoms with Gasteiger partial charge in [-0.05, 0) is 24.6 Å². The molecule has 162 valence electrons. The van der Waals surface area contributed by atoms with Crippen molar-refractivity contribution in [3.05, 3.63) is 71.5 Å². The first-order chi connectivity index (χ1) is 15.2. The Kier molecular flexibility index (Phi) is 6.92. The van der Waals surface area contributed by atoms with E-state index in [1.165, 1.54) is 12.1 Å². The van der Waals surface area contributed by atoms with Crippen LogP contribution in [0.25, 0.3) is 11.3 Å². The Labute approximate surface area is 186 Å². The molecule has 3 aromatic rings. The van der Waals surface area contributed by atoms with Gasteiger partial charge in [0.15, 0.2) is 0 Å². The highest BCUT2D eigenvalue weighted by molar-refractivity contribution is 7.99. The molecule has 1 saturated heterocycles. The lowest BCUT2D eigenvalue weighted by atomic mass is 10.1. The first-order valence-corrected chi connectivity index (χ1v) is 11.7. The number of nitrogens with zero attached hydrogens (tertiary/aromatic N) is 3. The van der Waals surface area contributed by atoms with Gasteiger partial charge in [0.2, 0.25) is 5.88 Å². The molecule has 0 spiro atoms. The van der Waals surface area contributed by atoms with Crippen molar-refractivity contribution in [2.45, 2.75) is 19.9 Å². The molecule has 7 heteroatoms. The average Bonchev–Trinajstić information content (AvgIpc) is 3.23. The van der Waals surface area contributed by atoms with Gasteiger partial charge in [-0.1, -0.05) is 48.5 Å². The maximum absolute atomic E-state index is 13.7. The Morgan fingerprint density at radius 3 is 2.65 bits per heavy atom. The number of aromatic nitrogens is 1. The molecule has 1 aromatic heterocycles. The van der Waals surface area contributed by atoms with Gasteiger partial charge < -0.3 is 14.3 Å². The summed E-state index contributed by atoms with van der Waals surface area (Å²) >= 11 is 1.92. The molecule has 0 aliphatic carbocycles. The number of hydrogen-bond donors (Lipinski definition) is 0. The van der Waals surface area contributed by atoms with Gasteiger partial charge in [-0.15, -0.1) is 0 Å². The minimum absolute atomic E-state index is 0.193. The van der Waals surface area contributed by atoms with Crippen LogP contribution in [0.5, 0.6) is 0 Å². The molecule has 4 rings (SSSR count). The van der Waals surface area contributed by atoms with Crippen LogP contribution >= 0.6 is 11.8 Å². The lowest BCUT2D eigenvalue weighted by Crippen LogP contribution is -2.35. The maximum Gasteiger partial charge on any atom is 0.254 e. The second-order valence-corrected chi connectivity index (χ2v) is 8.74. The first kappa shape index (κ1) is 21.4. The zero-order valence-electron chi connectivity index (χ0n) is 17.6. The van der Waals surface area contributed by atoms with Crippen molar-refractivity contribution in [1.82, 2.24) is 10.1 Å². The highest BCUT2D eigenvalue weighted by Gasteiger charge is 2.27. The van der Waals surface area contributed by atoms with Crippen LogP contribution in [-0.4, -0.2) is 47.1 Å². The molecule has 31 heavy (non-hydrogen) atoms. The molecular formula is C24H26FN3O2S. The van der Waals surface area contributed by atoms with Crippen LogP contribution in [-0.2, 0) is 6.54 Å². The Balaban J connectivity index is 1.71. The third-order valence-corrected chi connectivity index (χ3v) is 6.26. The van der Waals surface area contributed by atoms with Gasteiger partial charge in [0, 0.05) is 42.3 Å². The molecular weight excluding hydrogens is 413 g/mol. The van der Waals surface area contributed by atoms with Crippen molar-refractivity contribution in [2.24, 2.45) is 0 Å². The highest BCUT2D eigenvalue weighted by atomic mass is 32.2. The number of amides is 1. The summed E-state index contributed by atoms with van der Waals surface area (Å²) in [5.74, 6) is 2.18. The van der Waals surface area contributed by atoms with Gasteiger partial charge in [0.05, 0.1) is 12.1 Å². The minimum atomic E-state index is -0.413. The van der Waals surface area contributed by atoms with Gasteiger partial charge in [0.1, 0.15) is 11.5 Å².